The summed E-state index contributed by atoms with van der Waals surface area (Å²) < 4.78 is 17.8. The molecule has 0 aliphatic rings. The lowest BCUT2D eigenvalue weighted by molar-refractivity contribution is 0.102. The first-order valence-corrected chi connectivity index (χ1v) is 9.54. The smallest absolute Gasteiger partial charge is 0.191 e. The number of carbonyl (C=O) groups is 1. The Labute approximate surface area is 167 Å². The third-order valence-corrected chi connectivity index (χ3v) is 5.12. The number of thioether (sulfide) groups is 1. The summed E-state index contributed by atoms with van der Waals surface area (Å²) in [5.74, 6) is 3.18. The quantitative estimate of drug-likeness (QED) is 0.403. The molecule has 0 saturated heterocycles. The fourth-order valence-corrected chi connectivity index (χ4v) is 3.23. The molecule has 0 unspecified atom stereocenters. The molecule has 0 bridgehead atoms. The number of hydrogen-bond acceptors (Lipinski definition) is 7. The van der Waals surface area contributed by atoms with Crippen molar-refractivity contribution in [1.82, 2.24) is 14.8 Å². The molecule has 7 nitrogen and oxygen atoms in total. The van der Waals surface area contributed by atoms with Crippen LogP contribution in [0.3, 0.4) is 0 Å². The van der Waals surface area contributed by atoms with Crippen molar-refractivity contribution in [1.29, 1.82) is 0 Å². The van der Waals surface area contributed by atoms with E-state index in [0.717, 1.165) is 11.5 Å². The van der Waals surface area contributed by atoms with Gasteiger partial charge in [0.25, 0.3) is 0 Å². The number of methoxy groups -OCH3 is 2. The summed E-state index contributed by atoms with van der Waals surface area (Å²) in [4.78, 5) is 12.3. The van der Waals surface area contributed by atoms with Gasteiger partial charge in [-0.05, 0) is 48.5 Å². The highest BCUT2D eigenvalue weighted by Gasteiger charge is 2.13. The van der Waals surface area contributed by atoms with Crippen LogP contribution in [0.4, 0.5) is 0 Å². The Morgan fingerprint density at radius 2 is 1.50 bits per heavy atom. The number of nitrogens with zero attached hydrogens (tertiary/aromatic N) is 3. The minimum atomic E-state index is 0.0201. The van der Waals surface area contributed by atoms with Crippen LogP contribution >= 0.6 is 11.8 Å². The Balaban J connectivity index is 1.55. The Morgan fingerprint density at radius 3 is 2.11 bits per heavy atom. The van der Waals surface area contributed by atoms with Gasteiger partial charge in [-0.3, -0.25) is 4.79 Å². The second-order valence-electron chi connectivity index (χ2n) is 5.86. The van der Waals surface area contributed by atoms with E-state index in [1.165, 1.54) is 11.8 Å². The fraction of sp³-hybridized carbons (Fsp3) is 0.250. The van der Waals surface area contributed by atoms with Crippen molar-refractivity contribution in [2.24, 2.45) is 7.05 Å². The van der Waals surface area contributed by atoms with Gasteiger partial charge in [-0.25, -0.2) is 0 Å². The predicted molar refractivity (Wildman–Crippen MR) is 106 cm³/mol. The average Bonchev–Trinajstić information content (AvgIpc) is 3.10. The zero-order valence-corrected chi connectivity index (χ0v) is 16.7. The molecule has 0 radical (unpaired) electrons. The van der Waals surface area contributed by atoms with E-state index in [9.17, 15) is 4.79 Å². The second kappa shape index (κ2) is 9.27. The molecule has 2 aromatic carbocycles. The van der Waals surface area contributed by atoms with Crippen molar-refractivity contribution >= 4 is 17.5 Å². The van der Waals surface area contributed by atoms with Crippen LogP contribution in [0.5, 0.6) is 17.2 Å². The topological polar surface area (TPSA) is 75.5 Å². The summed E-state index contributed by atoms with van der Waals surface area (Å²) in [5, 5.41) is 8.97. The van der Waals surface area contributed by atoms with Crippen molar-refractivity contribution < 1.29 is 19.0 Å². The highest BCUT2D eigenvalue weighted by atomic mass is 32.2. The number of ether oxygens (including phenoxy) is 3. The number of rotatable bonds is 9. The fourth-order valence-electron chi connectivity index (χ4n) is 2.41. The molecule has 1 heterocycles. The maximum absolute atomic E-state index is 12.3. The van der Waals surface area contributed by atoms with E-state index < -0.39 is 0 Å². The maximum atomic E-state index is 12.3. The number of benzene rings is 2. The first kappa shape index (κ1) is 19.8. The molecule has 8 heteroatoms. The first-order chi connectivity index (χ1) is 13.6. The van der Waals surface area contributed by atoms with Crippen molar-refractivity contribution in [3.8, 4) is 17.2 Å². The highest BCUT2D eigenvalue weighted by molar-refractivity contribution is 7.99. The van der Waals surface area contributed by atoms with Gasteiger partial charge in [-0.1, -0.05) is 11.8 Å². The van der Waals surface area contributed by atoms with Gasteiger partial charge < -0.3 is 18.8 Å². The molecule has 0 spiro atoms. The standard InChI is InChI=1S/C20H21N3O4S/c1-23-19(12-27-17-10-8-16(26-3)9-11-17)21-22-20(23)28-13-18(24)14-4-6-15(25-2)7-5-14/h4-11H,12-13H2,1-3H3. The number of Topliss-reactive ketones (excluding diaryl/α,β-unsaturated/α-hetero) is 1. The minimum absolute atomic E-state index is 0.0201. The lowest BCUT2D eigenvalue weighted by Crippen LogP contribution is -2.06. The molecule has 0 aliphatic carbocycles. The van der Waals surface area contributed by atoms with Gasteiger partial charge in [0.1, 0.15) is 23.9 Å². The molecule has 3 aromatic rings. The van der Waals surface area contributed by atoms with E-state index in [2.05, 4.69) is 10.2 Å². The van der Waals surface area contributed by atoms with Crippen molar-refractivity contribution in [2.75, 3.05) is 20.0 Å². The molecule has 3 rings (SSSR count). The molecule has 28 heavy (non-hydrogen) atoms. The molecule has 0 aliphatic heterocycles. The van der Waals surface area contributed by atoms with Gasteiger partial charge in [-0.2, -0.15) is 0 Å². The molecule has 0 saturated carbocycles. The van der Waals surface area contributed by atoms with Crippen LogP contribution in [0.2, 0.25) is 0 Å². The molecule has 146 valence electrons. The van der Waals surface area contributed by atoms with Crippen molar-refractivity contribution in [2.45, 2.75) is 11.8 Å². The van der Waals surface area contributed by atoms with Gasteiger partial charge in [0, 0.05) is 12.6 Å². The lowest BCUT2D eigenvalue weighted by atomic mass is 10.1. The van der Waals surface area contributed by atoms with Crippen LogP contribution < -0.4 is 14.2 Å². The van der Waals surface area contributed by atoms with Crippen LogP contribution in [0.25, 0.3) is 0 Å². The number of ketones is 1. The summed E-state index contributed by atoms with van der Waals surface area (Å²) in [7, 11) is 5.07. The molecule has 0 amide bonds. The van der Waals surface area contributed by atoms with Crippen LogP contribution in [0.1, 0.15) is 16.2 Å². The molecule has 0 N–H and O–H groups in total. The van der Waals surface area contributed by atoms with Crippen LogP contribution in [0, 0.1) is 0 Å². The Morgan fingerprint density at radius 1 is 0.929 bits per heavy atom. The molecular weight excluding hydrogens is 378 g/mol. The average molecular weight is 399 g/mol. The van der Waals surface area contributed by atoms with E-state index in [0.29, 0.717) is 22.3 Å². The third-order valence-electron chi connectivity index (χ3n) is 4.10. The third kappa shape index (κ3) is 4.83. The summed E-state index contributed by atoms with van der Waals surface area (Å²) in [6, 6.07) is 14.4. The summed E-state index contributed by atoms with van der Waals surface area (Å²) >= 11 is 1.34. The van der Waals surface area contributed by atoms with E-state index >= 15 is 0 Å². The normalized spacial score (nSPS) is 10.5. The van der Waals surface area contributed by atoms with Gasteiger partial charge in [-0.15, -0.1) is 10.2 Å². The first-order valence-electron chi connectivity index (χ1n) is 8.56. The number of hydrogen-bond donors (Lipinski definition) is 0. The zero-order chi connectivity index (χ0) is 19.9. The van der Waals surface area contributed by atoms with E-state index in [1.54, 1.807) is 38.5 Å². The molecule has 0 fully saturated rings. The largest absolute Gasteiger partial charge is 0.497 e. The summed E-state index contributed by atoms with van der Waals surface area (Å²) in [5.41, 5.74) is 0.638. The van der Waals surface area contributed by atoms with E-state index in [4.69, 9.17) is 14.2 Å². The van der Waals surface area contributed by atoms with E-state index in [1.807, 2.05) is 35.9 Å². The predicted octanol–water partition coefficient (Wildman–Crippen LogP) is 3.39. The van der Waals surface area contributed by atoms with Crippen molar-refractivity contribution in [3.05, 3.63) is 59.9 Å². The Hall–Kier alpha value is -3.00. The lowest BCUT2D eigenvalue weighted by Gasteiger charge is -2.07. The van der Waals surface area contributed by atoms with Gasteiger partial charge in [0.2, 0.25) is 0 Å². The maximum Gasteiger partial charge on any atom is 0.191 e. The summed E-state index contributed by atoms with van der Waals surface area (Å²) in [6.45, 7) is 0.281. The van der Waals surface area contributed by atoms with Crippen LogP contribution in [-0.4, -0.2) is 40.5 Å². The SMILES string of the molecule is COc1ccc(OCc2nnc(SCC(=O)c3ccc(OC)cc3)n2C)cc1. The molecule has 1 aromatic heterocycles. The van der Waals surface area contributed by atoms with Gasteiger partial charge in [0.15, 0.2) is 16.8 Å². The number of carbonyl (C=O) groups excluding carboxylic acids is 1. The molecular formula is C20H21N3O4S. The second-order valence-corrected chi connectivity index (χ2v) is 6.80. The monoisotopic (exact) mass is 399 g/mol. The zero-order valence-electron chi connectivity index (χ0n) is 15.9. The van der Waals surface area contributed by atoms with Crippen molar-refractivity contribution in [3.63, 3.8) is 0 Å². The summed E-state index contributed by atoms with van der Waals surface area (Å²) in [6.07, 6.45) is 0. The molecule has 0 atom stereocenters. The van der Waals surface area contributed by atoms with Crippen LogP contribution in [0.15, 0.2) is 53.7 Å². The van der Waals surface area contributed by atoms with Gasteiger partial charge >= 0.3 is 0 Å². The number of aromatic nitrogens is 3. The Kier molecular flexibility index (Phi) is 6.54. The highest BCUT2D eigenvalue weighted by Crippen LogP contribution is 2.21. The Bertz CT molecular complexity index is 924. The van der Waals surface area contributed by atoms with Crippen LogP contribution in [-0.2, 0) is 13.7 Å². The van der Waals surface area contributed by atoms with E-state index in [-0.39, 0.29) is 18.1 Å². The minimum Gasteiger partial charge on any atom is -0.497 e. The van der Waals surface area contributed by atoms with Gasteiger partial charge in [0.05, 0.1) is 20.0 Å².